The molecule has 0 amide bonds. The lowest BCUT2D eigenvalue weighted by atomic mass is 10.0. The summed E-state index contributed by atoms with van der Waals surface area (Å²) >= 11 is 5.30. The molecular formula is C54H111O6PS3. The SMILES string of the molecule is CCCCCCCCCCCCCCCCSC(C)OOP(OOC(C)SCCCCCCCCCCCCCCCC)OOC(C)SCCCCCCCCCCCCCCCC. The first-order valence-electron chi connectivity index (χ1n) is 28.2. The Kier molecular flexibility index (Phi) is 57.9. The molecule has 0 aromatic rings. The van der Waals surface area contributed by atoms with Gasteiger partial charge in [-0.3, -0.25) is 0 Å². The van der Waals surface area contributed by atoms with Crippen LogP contribution in [0.4, 0.5) is 0 Å². The van der Waals surface area contributed by atoms with E-state index in [9.17, 15) is 0 Å². The highest BCUT2D eigenvalue weighted by atomic mass is 32.2. The lowest BCUT2D eigenvalue weighted by molar-refractivity contribution is -0.317. The van der Waals surface area contributed by atoms with Crippen LogP contribution in [0.3, 0.4) is 0 Å². The van der Waals surface area contributed by atoms with E-state index in [1.165, 1.54) is 270 Å². The molecule has 0 bridgehead atoms. The molecule has 0 radical (unpaired) electrons. The molecule has 10 heteroatoms. The van der Waals surface area contributed by atoms with E-state index in [2.05, 4.69) is 20.8 Å². The highest BCUT2D eigenvalue weighted by Gasteiger charge is 2.23. The quantitative estimate of drug-likeness (QED) is 0.0195. The van der Waals surface area contributed by atoms with Crippen molar-refractivity contribution >= 4 is 43.9 Å². The number of thioether (sulfide) groups is 3. The van der Waals surface area contributed by atoms with Gasteiger partial charge in [0.25, 0.3) is 0 Å². The van der Waals surface area contributed by atoms with Crippen LogP contribution in [0.25, 0.3) is 0 Å². The van der Waals surface area contributed by atoms with E-state index in [0.29, 0.717) is 0 Å². The minimum atomic E-state index is -1.98. The Morgan fingerprint density at radius 1 is 0.250 bits per heavy atom. The van der Waals surface area contributed by atoms with E-state index >= 15 is 0 Å². The van der Waals surface area contributed by atoms with Crippen molar-refractivity contribution < 1.29 is 28.7 Å². The molecule has 0 spiro atoms. The van der Waals surface area contributed by atoms with Crippen LogP contribution in [-0.2, 0) is 28.7 Å². The highest BCUT2D eigenvalue weighted by Crippen LogP contribution is 2.43. The molecule has 386 valence electrons. The largest absolute Gasteiger partial charge is 0.421 e. The molecule has 3 atom stereocenters. The summed E-state index contributed by atoms with van der Waals surface area (Å²) in [4.78, 5) is 17.2. The zero-order chi connectivity index (χ0) is 46.5. The molecule has 0 aliphatic heterocycles. The maximum atomic E-state index is 5.74. The molecule has 0 heterocycles. The molecule has 64 heavy (non-hydrogen) atoms. The summed E-state index contributed by atoms with van der Waals surface area (Å²) in [7, 11) is -1.98. The molecule has 0 rings (SSSR count). The van der Waals surface area contributed by atoms with Gasteiger partial charge >= 0.3 is 8.60 Å². The Morgan fingerprint density at radius 3 is 0.578 bits per heavy atom. The van der Waals surface area contributed by atoms with Crippen molar-refractivity contribution in [3.05, 3.63) is 0 Å². The maximum absolute atomic E-state index is 5.74. The summed E-state index contributed by atoms with van der Waals surface area (Å²) in [5, 5.41) is 0. The second-order valence-electron chi connectivity index (χ2n) is 18.8. The van der Waals surface area contributed by atoms with E-state index < -0.39 is 8.60 Å². The Labute approximate surface area is 415 Å². The standard InChI is InChI=1S/C54H111O6PS3/c1-7-10-13-16-19-22-25-28-31-34-37-40-43-46-49-62-52(4)55-58-61(59-56-53(5)63-50-47-44-41-38-35-32-29-26-23-20-17-14-11-8-2)60-57-54(6)64-51-48-45-42-39-36-33-30-27-24-21-18-15-12-9-3/h52-54H,7-51H2,1-6H3. The van der Waals surface area contributed by atoms with Crippen LogP contribution in [0.5, 0.6) is 0 Å². The Balaban J connectivity index is 4.28. The number of unbranched alkanes of at least 4 members (excludes halogenated alkanes) is 39. The van der Waals surface area contributed by atoms with Gasteiger partial charge in [-0.25, -0.2) is 14.7 Å². The van der Waals surface area contributed by atoms with Crippen LogP contribution in [0.15, 0.2) is 0 Å². The number of hydrogen-bond acceptors (Lipinski definition) is 9. The third-order valence-electron chi connectivity index (χ3n) is 12.3. The maximum Gasteiger partial charge on any atom is 0.421 e. The van der Waals surface area contributed by atoms with Crippen molar-refractivity contribution in [3.63, 3.8) is 0 Å². The zero-order valence-electron chi connectivity index (χ0n) is 43.7. The van der Waals surface area contributed by atoms with Gasteiger partial charge in [-0.15, -0.1) is 49.3 Å². The molecule has 0 aromatic carbocycles. The van der Waals surface area contributed by atoms with Gasteiger partial charge in [0, 0.05) is 0 Å². The van der Waals surface area contributed by atoms with Gasteiger partial charge in [0.2, 0.25) is 0 Å². The summed E-state index contributed by atoms with van der Waals surface area (Å²) in [6.07, 6.45) is 57.8. The second-order valence-corrected chi connectivity index (χ2v) is 24.0. The van der Waals surface area contributed by atoms with Crippen molar-refractivity contribution in [2.75, 3.05) is 17.3 Å². The number of rotatable bonds is 57. The van der Waals surface area contributed by atoms with Gasteiger partial charge in [0.1, 0.15) is 16.3 Å². The van der Waals surface area contributed by atoms with Crippen molar-refractivity contribution in [1.82, 2.24) is 0 Å². The van der Waals surface area contributed by atoms with Crippen LogP contribution in [0.2, 0.25) is 0 Å². The topological polar surface area (TPSA) is 55.4 Å². The van der Waals surface area contributed by atoms with Gasteiger partial charge in [0.15, 0.2) is 0 Å². The van der Waals surface area contributed by atoms with Gasteiger partial charge in [0.05, 0.1) is 0 Å². The normalized spacial score (nSPS) is 13.8. The van der Waals surface area contributed by atoms with Crippen molar-refractivity contribution in [2.24, 2.45) is 0 Å². The fourth-order valence-electron chi connectivity index (χ4n) is 8.05. The third kappa shape index (κ3) is 54.2. The van der Waals surface area contributed by atoms with Crippen LogP contribution >= 0.6 is 43.9 Å². The van der Waals surface area contributed by atoms with Gasteiger partial charge in [-0.05, 0) is 57.3 Å². The fourth-order valence-corrected chi connectivity index (χ4v) is 11.3. The molecule has 0 saturated heterocycles. The fraction of sp³-hybridized carbons (Fsp3) is 1.00. The highest BCUT2D eigenvalue weighted by molar-refractivity contribution is 8.00. The monoisotopic (exact) mass is 983 g/mol. The summed E-state index contributed by atoms with van der Waals surface area (Å²) in [5.41, 5.74) is -0.421. The molecule has 6 nitrogen and oxygen atoms in total. The first-order valence-corrected chi connectivity index (χ1v) is 32.4. The molecule has 0 aromatic heterocycles. The third-order valence-corrected chi connectivity index (χ3v) is 16.1. The average molecular weight is 984 g/mol. The van der Waals surface area contributed by atoms with E-state index in [1.807, 2.05) is 20.8 Å². The number of hydrogen-bond donors (Lipinski definition) is 0. The van der Waals surface area contributed by atoms with Gasteiger partial charge in [-0.2, -0.15) is 0 Å². The van der Waals surface area contributed by atoms with Crippen LogP contribution < -0.4 is 0 Å². The summed E-state index contributed by atoms with van der Waals surface area (Å²) < 4.78 is 17.0. The zero-order valence-corrected chi connectivity index (χ0v) is 47.0. The predicted molar refractivity (Wildman–Crippen MR) is 290 cm³/mol. The lowest BCUT2D eigenvalue weighted by Gasteiger charge is -2.19. The molecule has 0 N–H and O–H groups in total. The average Bonchev–Trinajstić information content (AvgIpc) is 3.29. The molecular weight excluding hydrogens is 872 g/mol. The minimum absolute atomic E-state index is 0.140. The summed E-state index contributed by atoms with van der Waals surface area (Å²) in [5.74, 6) is 3.15. The molecule has 0 aliphatic rings. The predicted octanol–water partition coefficient (Wildman–Crippen LogP) is 21.7. The van der Waals surface area contributed by atoms with Crippen LogP contribution in [-0.4, -0.2) is 33.6 Å². The van der Waals surface area contributed by atoms with E-state index in [-0.39, 0.29) is 16.3 Å². The van der Waals surface area contributed by atoms with Crippen molar-refractivity contribution in [1.29, 1.82) is 0 Å². The smallest absolute Gasteiger partial charge is 0.214 e. The minimum Gasteiger partial charge on any atom is -0.214 e. The first-order chi connectivity index (χ1) is 31.5. The van der Waals surface area contributed by atoms with Crippen LogP contribution in [0, 0.1) is 0 Å². The summed E-state index contributed by atoms with van der Waals surface area (Å²) in [6, 6.07) is 0. The van der Waals surface area contributed by atoms with E-state index in [0.717, 1.165) is 17.3 Å². The molecule has 3 unspecified atom stereocenters. The second kappa shape index (κ2) is 56.8. The first kappa shape index (κ1) is 65.2. The van der Waals surface area contributed by atoms with Crippen molar-refractivity contribution in [2.45, 2.75) is 328 Å². The lowest BCUT2D eigenvalue weighted by Crippen LogP contribution is -2.10. The molecule has 0 aliphatic carbocycles. The molecule has 0 fully saturated rings. The van der Waals surface area contributed by atoms with Crippen molar-refractivity contribution in [3.8, 4) is 0 Å². The molecule has 0 saturated carbocycles. The van der Waals surface area contributed by atoms with Gasteiger partial charge in [-0.1, -0.05) is 271 Å². The Hall–Kier alpha value is 1.24. The Morgan fingerprint density at radius 2 is 0.406 bits per heavy atom. The van der Waals surface area contributed by atoms with Gasteiger partial charge < -0.3 is 0 Å². The van der Waals surface area contributed by atoms with E-state index in [4.69, 9.17) is 28.7 Å². The van der Waals surface area contributed by atoms with E-state index in [1.54, 1.807) is 35.3 Å². The Bertz CT molecular complexity index is 746. The summed E-state index contributed by atoms with van der Waals surface area (Å²) in [6.45, 7) is 12.9. The van der Waals surface area contributed by atoms with Crippen LogP contribution in [0.1, 0.15) is 311 Å².